The van der Waals surface area contributed by atoms with Gasteiger partial charge in [-0.15, -0.1) is 5.10 Å². The Kier molecular flexibility index (Phi) is 5.07. The largest absolute Gasteiger partial charge is 0.365 e. The summed E-state index contributed by atoms with van der Waals surface area (Å²) in [7, 11) is 0. The van der Waals surface area contributed by atoms with Crippen molar-refractivity contribution in [3.8, 4) is 5.69 Å². The number of benzene rings is 1. The van der Waals surface area contributed by atoms with Gasteiger partial charge < -0.3 is 14.2 Å². The van der Waals surface area contributed by atoms with E-state index in [0.717, 1.165) is 17.8 Å². The van der Waals surface area contributed by atoms with Crippen LogP contribution < -0.4 is 5.32 Å². The van der Waals surface area contributed by atoms with Gasteiger partial charge in [0.15, 0.2) is 11.6 Å². The van der Waals surface area contributed by atoms with E-state index >= 15 is 0 Å². The standard InChI is InChI=1S/C19H22N6O3/c1-3-16-20-18(28-23-16)12-27-15-10-24(11-15)19(26)21-17-9-13(2)25(22-17)14-7-5-4-6-8-14/h4-9,15H,3,10-12H2,1-2H3,(H,21,22,26). The first kappa shape index (κ1) is 18.2. The maximum atomic E-state index is 12.4. The molecule has 2 amide bonds. The van der Waals surface area contributed by atoms with Crippen LogP contribution in [0.25, 0.3) is 5.69 Å². The molecular weight excluding hydrogens is 360 g/mol. The number of amides is 2. The maximum Gasteiger partial charge on any atom is 0.323 e. The number of aryl methyl sites for hydroxylation is 2. The smallest absolute Gasteiger partial charge is 0.323 e. The van der Waals surface area contributed by atoms with Gasteiger partial charge >= 0.3 is 6.03 Å². The first-order valence-corrected chi connectivity index (χ1v) is 9.23. The van der Waals surface area contributed by atoms with E-state index in [9.17, 15) is 4.79 Å². The van der Waals surface area contributed by atoms with Crippen LogP contribution in [0.2, 0.25) is 0 Å². The third-order valence-corrected chi connectivity index (χ3v) is 4.53. The highest BCUT2D eigenvalue weighted by Crippen LogP contribution is 2.18. The van der Waals surface area contributed by atoms with Crippen LogP contribution in [0, 0.1) is 6.92 Å². The number of hydrogen-bond donors (Lipinski definition) is 1. The first-order valence-electron chi connectivity index (χ1n) is 9.23. The molecule has 0 atom stereocenters. The predicted molar refractivity (Wildman–Crippen MR) is 101 cm³/mol. The topological polar surface area (TPSA) is 98.3 Å². The minimum atomic E-state index is -0.191. The van der Waals surface area contributed by atoms with E-state index in [0.29, 0.717) is 30.6 Å². The predicted octanol–water partition coefficient (Wildman–Crippen LogP) is 2.56. The van der Waals surface area contributed by atoms with Crippen molar-refractivity contribution in [3.05, 3.63) is 53.8 Å². The van der Waals surface area contributed by atoms with E-state index in [2.05, 4.69) is 20.6 Å². The van der Waals surface area contributed by atoms with Crippen molar-refractivity contribution in [2.75, 3.05) is 18.4 Å². The Morgan fingerprint density at radius 2 is 2.11 bits per heavy atom. The van der Waals surface area contributed by atoms with Crippen molar-refractivity contribution < 1.29 is 14.1 Å². The van der Waals surface area contributed by atoms with Gasteiger partial charge in [0.05, 0.1) is 24.9 Å². The van der Waals surface area contributed by atoms with Crippen LogP contribution >= 0.6 is 0 Å². The number of carbonyl (C=O) groups is 1. The molecule has 3 heterocycles. The Bertz CT molecular complexity index is 946. The van der Waals surface area contributed by atoms with Gasteiger partial charge in [0.1, 0.15) is 6.61 Å². The van der Waals surface area contributed by atoms with Crippen LogP contribution in [0.3, 0.4) is 0 Å². The fourth-order valence-electron chi connectivity index (χ4n) is 2.95. The highest BCUT2D eigenvalue weighted by molar-refractivity contribution is 5.89. The second-order valence-corrected chi connectivity index (χ2v) is 6.64. The SMILES string of the molecule is CCc1noc(COC2CN(C(=O)Nc3cc(C)n(-c4ccccc4)n3)C2)n1. The second kappa shape index (κ2) is 7.81. The van der Waals surface area contributed by atoms with Crippen molar-refractivity contribution >= 4 is 11.8 Å². The average molecular weight is 382 g/mol. The summed E-state index contributed by atoms with van der Waals surface area (Å²) in [5, 5.41) is 11.1. The molecule has 0 saturated carbocycles. The molecule has 1 aliphatic rings. The van der Waals surface area contributed by atoms with Crippen molar-refractivity contribution in [1.82, 2.24) is 24.8 Å². The zero-order chi connectivity index (χ0) is 19.5. The summed E-state index contributed by atoms with van der Waals surface area (Å²) in [4.78, 5) is 18.3. The lowest BCUT2D eigenvalue weighted by Gasteiger charge is -2.38. The normalized spacial score (nSPS) is 14.1. The molecule has 9 heteroatoms. The zero-order valence-electron chi connectivity index (χ0n) is 15.8. The highest BCUT2D eigenvalue weighted by atomic mass is 16.5. The number of nitrogens with one attached hydrogen (secondary N) is 1. The fraction of sp³-hybridized carbons (Fsp3) is 0.368. The number of urea groups is 1. The molecule has 4 rings (SSSR count). The lowest BCUT2D eigenvalue weighted by molar-refractivity contribution is -0.0496. The van der Waals surface area contributed by atoms with Crippen LogP contribution in [0.1, 0.15) is 24.3 Å². The number of aromatic nitrogens is 4. The summed E-state index contributed by atoms with van der Waals surface area (Å²) in [6.45, 7) is 5.19. The summed E-state index contributed by atoms with van der Waals surface area (Å²) in [6.07, 6.45) is 0.687. The molecule has 0 spiro atoms. The van der Waals surface area contributed by atoms with Crippen LogP contribution in [-0.4, -0.2) is 50.0 Å². The minimum Gasteiger partial charge on any atom is -0.365 e. The molecule has 0 radical (unpaired) electrons. The number of rotatable bonds is 6. The number of carbonyl (C=O) groups excluding carboxylic acids is 1. The summed E-state index contributed by atoms with van der Waals surface area (Å²) in [5.41, 5.74) is 1.89. The second-order valence-electron chi connectivity index (χ2n) is 6.64. The Balaban J connectivity index is 1.26. The van der Waals surface area contributed by atoms with Crippen molar-refractivity contribution in [2.24, 2.45) is 0 Å². The highest BCUT2D eigenvalue weighted by Gasteiger charge is 2.32. The van der Waals surface area contributed by atoms with E-state index in [-0.39, 0.29) is 18.7 Å². The number of para-hydroxylation sites is 1. The molecule has 1 aliphatic heterocycles. The summed E-state index contributed by atoms with van der Waals surface area (Å²) < 4.78 is 12.6. The van der Waals surface area contributed by atoms with Crippen LogP contribution in [0.4, 0.5) is 10.6 Å². The van der Waals surface area contributed by atoms with Gasteiger partial charge in [-0.25, -0.2) is 9.48 Å². The third kappa shape index (κ3) is 3.89. The number of likely N-dealkylation sites (tertiary alicyclic amines) is 1. The van der Waals surface area contributed by atoms with Crippen LogP contribution in [-0.2, 0) is 17.8 Å². The third-order valence-electron chi connectivity index (χ3n) is 4.53. The van der Waals surface area contributed by atoms with E-state index < -0.39 is 0 Å². The molecule has 1 aromatic carbocycles. The van der Waals surface area contributed by atoms with Crippen LogP contribution in [0.15, 0.2) is 40.9 Å². The molecule has 3 aromatic rings. The first-order chi connectivity index (χ1) is 13.6. The van der Waals surface area contributed by atoms with Gasteiger partial charge in [0, 0.05) is 18.2 Å². The van der Waals surface area contributed by atoms with Crippen molar-refractivity contribution in [1.29, 1.82) is 0 Å². The monoisotopic (exact) mass is 382 g/mol. The molecule has 0 unspecified atom stereocenters. The van der Waals surface area contributed by atoms with Crippen molar-refractivity contribution in [2.45, 2.75) is 33.0 Å². The van der Waals surface area contributed by atoms with E-state index in [4.69, 9.17) is 9.26 Å². The number of ether oxygens (including phenoxy) is 1. The minimum absolute atomic E-state index is 0.0358. The van der Waals surface area contributed by atoms with E-state index in [1.807, 2.05) is 50.2 Å². The number of anilines is 1. The van der Waals surface area contributed by atoms with Gasteiger partial charge in [-0.2, -0.15) is 4.98 Å². The molecule has 1 fully saturated rings. The Morgan fingerprint density at radius 1 is 1.32 bits per heavy atom. The Morgan fingerprint density at radius 3 is 2.82 bits per heavy atom. The zero-order valence-corrected chi connectivity index (χ0v) is 15.8. The summed E-state index contributed by atoms with van der Waals surface area (Å²) in [5.74, 6) is 1.65. The molecule has 2 aromatic heterocycles. The molecule has 0 bridgehead atoms. The maximum absolute atomic E-state index is 12.4. The summed E-state index contributed by atoms with van der Waals surface area (Å²) in [6, 6.07) is 11.4. The Labute approximate surface area is 162 Å². The summed E-state index contributed by atoms with van der Waals surface area (Å²) >= 11 is 0. The van der Waals surface area contributed by atoms with Gasteiger partial charge in [0.2, 0.25) is 0 Å². The lowest BCUT2D eigenvalue weighted by atomic mass is 10.2. The van der Waals surface area contributed by atoms with Gasteiger partial charge in [-0.05, 0) is 19.1 Å². The molecule has 146 valence electrons. The molecular formula is C19H22N6O3. The molecule has 1 saturated heterocycles. The van der Waals surface area contributed by atoms with Gasteiger partial charge in [0.25, 0.3) is 5.89 Å². The fourth-order valence-corrected chi connectivity index (χ4v) is 2.95. The molecule has 28 heavy (non-hydrogen) atoms. The van der Waals surface area contributed by atoms with Crippen LogP contribution in [0.5, 0.6) is 0 Å². The average Bonchev–Trinajstić information content (AvgIpc) is 3.27. The Hall–Kier alpha value is -3.20. The number of hydrogen-bond acceptors (Lipinski definition) is 6. The van der Waals surface area contributed by atoms with E-state index in [1.165, 1.54) is 0 Å². The van der Waals surface area contributed by atoms with Gasteiger partial charge in [-0.3, -0.25) is 5.32 Å². The number of nitrogens with zero attached hydrogens (tertiary/aromatic N) is 5. The molecule has 1 N–H and O–H groups in total. The lowest BCUT2D eigenvalue weighted by Crippen LogP contribution is -2.56. The molecule has 0 aliphatic carbocycles. The van der Waals surface area contributed by atoms with Gasteiger partial charge in [-0.1, -0.05) is 30.3 Å². The van der Waals surface area contributed by atoms with E-state index in [1.54, 1.807) is 9.58 Å². The molecule has 9 nitrogen and oxygen atoms in total. The van der Waals surface area contributed by atoms with Crippen molar-refractivity contribution in [3.63, 3.8) is 0 Å². The quantitative estimate of drug-likeness (QED) is 0.704.